The number of aromatic nitrogens is 1. The van der Waals surface area contributed by atoms with Crippen LogP contribution in [0.3, 0.4) is 0 Å². The summed E-state index contributed by atoms with van der Waals surface area (Å²) in [4.78, 5) is 12.3. The average Bonchev–Trinajstić information content (AvgIpc) is 2.68. The molecule has 1 amide bonds. The van der Waals surface area contributed by atoms with Gasteiger partial charge in [-0.05, 0) is 30.7 Å². The van der Waals surface area contributed by atoms with Crippen LogP contribution < -0.4 is 31.6 Å². The minimum Gasteiger partial charge on any atom is -1.00 e. The van der Waals surface area contributed by atoms with Crippen molar-refractivity contribution < 1.29 is 31.1 Å². The monoisotopic (exact) mass is 426 g/mol. The van der Waals surface area contributed by atoms with Gasteiger partial charge in [0.15, 0.2) is 18.1 Å². The smallest absolute Gasteiger partial charge is 0.224 e. The van der Waals surface area contributed by atoms with E-state index in [0.717, 1.165) is 25.1 Å². The van der Waals surface area contributed by atoms with Gasteiger partial charge in [-0.1, -0.05) is 36.4 Å². The number of para-hydroxylation sites is 3. The van der Waals surface area contributed by atoms with Crippen molar-refractivity contribution in [1.29, 1.82) is 0 Å². The van der Waals surface area contributed by atoms with Crippen molar-refractivity contribution in [3.8, 4) is 11.5 Å². The predicted octanol–water partition coefficient (Wildman–Crippen LogP) is 1.58. The highest BCUT2D eigenvalue weighted by molar-refractivity contribution is 5.92. The first-order valence-electron chi connectivity index (χ1n) is 8.87. The van der Waals surface area contributed by atoms with Crippen LogP contribution in [0.1, 0.15) is 19.3 Å². The van der Waals surface area contributed by atoms with Gasteiger partial charge in [-0.3, -0.25) is 4.79 Å². The van der Waals surface area contributed by atoms with Gasteiger partial charge < -0.3 is 27.0 Å². The molecule has 0 saturated carbocycles. The zero-order valence-electron chi connectivity index (χ0n) is 15.1. The maximum atomic E-state index is 12.3. The van der Waals surface area contributed by atoms with Crippen molar-refractivity contribution in [2.45, 2.75) is 25.8 Å². The van der Waals surface area contributed by atoms with Gasteiger partial charge in [0.1, 0.15) is 12.3 Å². The Morgan fingerprint density at radius 3 is 2.30 bits per heavy atom. The Hall–Kier alpha value is -2.66. The lowest BCUT2D eigenvalue weighted by Crippen LogP contribution is -3.00. The van der Waals surface area contributed by atoms with E-state index in [0.29, 0.717) is 17.9 Å². The van der Waals surface area contributed by atoms with Crippen molar-refractivity contribution >= 4 is 11.6 Å². The van der Waals surface area contributed by atoms with Crippen LogP contribution in [0.25, 0.3) is 0 Å². The minimum atomic E-state index is 0. The van der Waals surface area contributed by atoms with E-state index in [1.165, 1.54) is 0 Å². The Morgan fingerprint density at radius 2 is 1.52 bits per heavy atom. The fraction of sp³-hybridized carbons (Fsp3) is 0.182. The number of hydrogen-bond acceptors (Lipinski definition) is 2. The largest absolute Gasteiger partial charge is 1.00 e. The van der Waals surface area contributed by atoms with Crippen LogP contribution in [0.15, 0.2) is 85.2 Å². The summed E-state index contributed by atoms with van der Waals surface area (Å²) in [6.45, 7) is 0.918. The number of pyridine rings is 1. The first-order chi connectivity index (χ1) is 12.8. The average molecular weight is 427 g/mol. The van der Waals surface area contributed by atoms with Crippen molar-refractivity contribution in [3.05, 3.63) is 85.2 Å². The van der Waals surface area contributed by atoms with E-state index >= 15 is 0 Å². The maximum Gasteiger partial charge on any atom is 0.224 e. The topological polar surface area (TPSA) is 42.2 Å². The number of ether oxygens (including phenoxy) is 1. The number of aryl methyl sites for hydroxylation is 1. The van der Waals surface area contributed by atoms with Crippen LogP contribution >= 0.6 is 0 Å². The molecule has 0 atom stereocenters. The molecule has 140 valence electrons. The molecule has 0 aliphatic rings. The quantitative estimate of drug-likeness (QED) is 0.438. The number of halogens is 1. The SMILES string of the molecule is O=C(CCCC[n+]1ccccc1)Nc1ccccc1Oc1ccccc1.[Br-]. The third-order valence-corrected chi connectivity index (χ3v) is 3.98. The molecule has 4 nitrogen and oxygen atoms in total. The predicted molar refractivity (Wildman–Crippen MR) is 102 cm³/mol. The normalized spacial score (nSPS) is 9.93. The summed E-state index contributed by atoms with van der Waals surface area (Å²) in [5.41, 5.74) is 0.693. The van der Waals surface area contributed by atoms with Gasteiger partial charge in [0, 0.05) is 25.0 Å². The molecule has 0 saturated heterocycles. The Morgan fingerprint density at radius 1 is 0.852 bits per heavy atom. The van der Waals surface area contributed by atoms with Gasteiger partial charge in [0.2, 0.25) is 5.91 Å². The van der Waals surface area contributed by atoms with Crippen molar-refractivity contribution in [2.24, 2.45) is 0 Å². The first-order valence-corrected chi connectivity index (χ1v) is 8.87. The molecule has 3 aromatic rings. The number of benzene rings is 2. The fourth-order valence-corrected chi connectivity index (χ4v) is 2.65. The van der Waals surface area contributed by atoms with Crippen molar-refractivity contribution in [3.63, 3.8) is 0 Å². The molecule has 1 aromatic heterocycles. The third kappa shape index (κ3) is 6.87. The highest BCUT2D eigenvalue weighted by atomic mass is 79.9. The molecule has 0 radical (unpaired) electrons. The fourth-order valence-electron chi connectivity index (χ4n) is 2.65. The van der Waals surface area contributed by atoms with Gasteiger partial charge in [0.25, 0.3) is 0 Å². The molecule has 0 unspecified atom stereocenters. The molecular weight excluding hydrogens is 404 g/mol. The summed E-state index contributed by atoms with van der Waals surface area (Å²) in [7, 11) is 0. The van der Waals surface area contributed by atoms with E-state index in [1.807, 2.05) is 85.2 Å². The van der Waals surface area contributed by atoms with E-state index in [1.54, 1.807) is 0 Å². The van der Waals surface area contributed by atoms with Crippen molar-refractivity contribution in [2.75, 3.05) is 5.32 Å². The molecule has 2 aromatic carbocycles. The van der Waals surface area contributed by atoms with Crippen LogP contribution in [-0.2, 0) is 11.3 Å². The number of carbonyl (C=O) groups is 1. The Balaban J connectivity index is 0.00000261. The van der Waals surface area contributed by atoms with Gasteiger partial charge in [-0.15, -0.1) is 0 Å². The second-order valence-electron chi connectivity index (χ2n) is 6.03. The lowest BCUT2D eigenvalue weighted by atomic mass is 10.2. The lowest BCUT2D eigenvalue weighted by molar-refractivity contribution is -0.697. The number of amides is 1. The number of hydrogen-bond donors (Lipinski definition) is 1. The van der Waals surface area contributed by atoms with E-state index in [2.05, 4.69) is 9.88 Å². The van der Waals surface area contributed by atoms with Gasteiger partial charge in [-0.25, -0.2) is 4.57 Å². The summed E-state index contributed by atoms with van der Waals surface area (Å²) in [5.74, 6) is 1.40. The Labute approximate surface area is 170 Å². The molecule has 3 rings (SSSR count). The number of anilines is 1. The zero-order chi connectivity index (χ0) is 18.0. The van der Waals surface area contributed by atoms with Gasteiger partial charge in [0.05, 0.1) is 5.69 Å². The standard InChI is InChI=1S/C22H22N2O2.BrH/c25-22(15-7-10-18-24-16-8-2-9-17-24)23-20-13-5-6-14-21(20)26-19-11-3-1-4-12-19;/h1-6,8-9,11-14,16-17H,7,10,15,18H2;1H. The van der Waals surface area contributed by atoms with Crippen LogP contribution in [0.5, 0.6) is 11.5 Å². The maximum absolute atomic E-state index is 12.3. The second-order valence-corrected chi connectivity index (χ2v) is 6.03. The van der Waals surface area contributed by atoms with Crippen molar-refractivity contribution in [1.82, 2.24) is 0 Å². The number of carbonyl (C=O) groups excluding carboxylic acids is 1. The zero-order valence-corrected chi connectivity index (χ0v) is 16.6. The molecule has 27 heavy (non-hydrogen) atoms. The lowest BCUT2D eigenvalue weighted by Gasteiger charge is -2.12. The number of unbranched alkanes of at least 4 members (excludes halogenated alkanes) is 1. The first kappa shape index (κ1) is 20.6. The highest BCUT2D eigenvalue weighted by Crippen LogP contribution is 2.29. The van der Waals surface area contributed by atoms with Crippen LogP contribution in [0.4, 0.5) is 5.69 Å². The summed E-state index contributed by atoms with van der Waals surface area (Å²) >= 11 is 0. The molecule has 0 fully saturated rings. The molecular formula is C22H23BrN2O2. The van der Waals surface area contributed by atoms with Crippen LogP contribution in [0.2, 0.25) is 0 Å². The Kier molecular flexibility index (Phi) is 8.52. The highest BCUT2D eigenvalue weighted by Gasteiger charge is 2.09. The summed E-state index contributed by atoms with van der Waals surface area (Å²) < 4.78 is 8.00. The molecule has 0 aliphatic heterocycles. The third-order valence-electron chi connectivity index (χ3n) is 3.98. The van der Waals surface area contributed by atoms with Crippen LogP contribution in [-0.4, -0.2) is 5.91 Å². The van der Waals surface area contributed by atoms with Gasteiger partial charge >= 0.3 is 0 Å². The number of rotatable bonds is 8. The summed E-state index contributed by atoms with van der Waals surface area (Å²) in [6.07, 6.45) is 6.38. The Bertz CT molecular complexity index is 826. The molecule has 0 spiro atoms. The second kappa shape index (κ2) is 11.1. The van der Waals surface area contributed by atoms with E-state index in [4.69, 9.17) is 4.74 Å². The minimum absolute atomic E-state index is 0. The molecule has 1 N–H and O–H groups in total. The van der Waals surface area contributed by atoms with E-state index in [-0.39, 0.29) is 22.9 Å². The molecule has 1 heterocycles. The molecule has 5 heteroatoms. The summed E-state index contributed by atoms with van der Waals surface area (Å²) in [5, 5.41) is 2.96. The van der Waals surface area contributed by atoms with E-state index in [9.17, 15) is 4.79 Å². The number of nitrogens with zero attached hydrogens (tertiary/aromatic N) is 1. The van der Waals surface area contributed by atoms with Gasteiger partial charge in [-0.2, -0.15) is 0 Å². The summed E-state index contributed by atoms with van der Waals surface area (Å²) in [6, 6.07) is 23.1. The van der Waals surface area contributed by atoms with E-state index < -0.39 is 0 Å². The molecule has 0 bridgehead atoms. The number of nitrogens with one attached hydrogen (secondary N) is 1. The van der Waals surface area contributed by atoms with Crippen LogP contribution in [0, 0.1) is 0 Å². The molecule has 0 aliphatic carbocycles.